The number of nitrogens with one attached hydrogen (secondary N) is 1. The minimum Gasteiger partial charge on any atom is -0.494 e. The van der Waals surface area contributed by atoms with Gasteiger partial charge in [0.2, 0.25) is 5.88 Å². The molecule has 2 aromatic carbocycles. The van der Waals surface area contributed by atoms with E-state index in [9.17, 15) is 5.11 Å². The molecular formula is C24H25N3O. The van der Waals surface area contributed by atoms with Gasteiger partial charge in [-0.15, -0.1) is 0 Å². The minimum atomic E-state index is 0.103. The van der Waals surface area contributed by atoms with Crippen LogP contribution in [-0.2, 0) is 12.0 Å². The van der Waals surface area contributed by atoms with Crippen molar-refractivity contribution < 1.29 is 5.11 Å². The second-order valence-corrected chi connectivity index (χ2v) is 8.10. The number of aromatic hydroxyl groups is 1. The first-order valence-corrected chi connectivity index (χ1v) is 9.50. The SMILES string of the molecule is CC(C)(C)c1ccc(-n2cc3cccc(NCc4ccncc4)c3c2O)cc1. The Balaban J connectivity index is 1.69. The highest BCUT2D eigenvalue weighted by atomic mass is 16.3. The second-order valence-electron chi connectivity index (χ2n) is 8.10. The lowest BCUT2D eigenvalue weighted by atomic mass is 9.87. The van der Waals surface area contributed by atoms with Crippen LogP contribution in [0.1, 0.15) is 31.9 Å². The second kappa shape index (κ2) is 7.04. The highest BCUT2D eigenvalue weighted by molar-refractivity contribution is 5.99. The summed E-state index contributed by atoms with van der Waals surface area (Å²) in [5.74, 6) is 0.247. The van der Waals surface area contributed by atoms with Gasteiger partial charge in [-0.3, -0.25) is 9.55 Å². The lowest BCUT2D eigenvalue weighted by Crippen LogP contribution is -2.10. The molecule has 0 saturated carbocycles. The van der Waals surface area contributed by atoms with E-state index >= 15 is 0 Å². The Morgan fingerprint density at radius 1 is 0.964 bits per heavy atom. The summed E-state index contributed by atoms with van der Waals surface area (Å²) < 4.78 is 1.84. The van der Waals surface area contributed by atoms with Crippen molar-refractivity contribution >= 4 is 16.5 Å². The zero-order valence-corrected chi connectivity index (χ0v) is 16.5. The summed E-state index contributed by atoms with van der Waals surface area (Å²) in [6, 6.07) is 18.4. The summed E-state index contributed by atoms with van der Waals surface area (Å²) >= 11 is 0. The van der Waals surface area contributed by atoms with E-state index < -0.39 is 0 Å². The van der Waals surface area contributed by atoms with Gasteiger partial charge in [-0.2, -0.15) is 0 Å². The number of rotatable bonds is 4. The third-order valence-electron chi connectivity index (χ3n) is 5.06. The Morgan fingerprint density at radius 3 is 2.36 bits per heavy atom. The highest BCUT2D eigenvalue weighted by Gasteiger charge is 2.16. The van der Waals surface area contributed by atoms with Crippen molar-refractivity contribution in [1.29, 1.82) is 0 Å². The molecule has 28 heavy (non-hydrogen) atoms. The molecule has 0 amide bonds. The summed E-state index contributed by atoms with van der Waals surface area (Å²) in [4.78, 5) is 4.05. The molecule has 4 aromatic rings. The molecule has 0 aliphatic heterocycles. The van der Waals surface area contributed by atoms with Gasteiger partial charge in [-0.05, 0) is 46.9 Å². The molecular weight excluding hydrogens is 346 g/mol. The smallest absolute Gasteiger partial charge is 0.205 e. The molecule has 0 aliphatic rings. The maximum Gasteiger partial charge on any atom is 0.205 e. The third-order valence-corrected chi connectivity index (χ3v) is 5.06. The van der Waals surface area contributed by atoms with E-state index in [0.29, 0.717) is 6.54 Å². The molecule has 0 fully saturated rings. The molecule has 0 bridgehead atoms. The van der Waals surface area contributed by atoms with Crippen LogP contribution in [0.15, 0.2) is 73.2 Å². The molecule has 4 rings (SSSR count). The third kappa shape index (κ3) is 3.46. The monoisotopic (exact) mass is 371 g/mol. The van der Waals surface area contributed by atoms with Crippen LogP contribution in [0.4, 0.5) is 5.69 Å². The Bertz CT molecular complexity index is 1090. The normalized spacial score (nSPS) is 11.7. The van der Waals surface area contributed by atoms with Gasteiger partial charge in [0.1, 0.15) is 0 Å². The van der Waals surface area contributed by atoms with Crippen molar-refractivity contribution in [2.75, 3.05) is 5.32 Å². The first-order chi connectivity index (χ1) is 13.4. The van der Waals surface area contributed by atoms with Crippen molar-refractivity contribution in [3.05, 3.63) is 84.3 Å². The first-order valence-electron chi connectivity index (χ1n) is 9.50. The van der Waals surface area contributed by atoms with Crippen LogP contribution in [0, 0.1) is 0 Å². The molecule has 2 heterocycles. The number of pyridine rings is 1. The van der Waals surface area contributed by atoms with E-state index in [1.54, 1.807) is 12.4 Å². The summed E-state index contributed by atoms with van der Waals surface area (Å²) in [7, 11) is 0. The number of nitrogens with zero attached hydrogens (tertiary/aromatic N) is 2. The number of anilines is 1. The molecule has 4 nitrogen and oxygen atoms in total. The van der Waals surface area contributed by atoms with Crippen molar-refractivity contribution in [3.8, 4) is 11.6 Å². The number of aromatic nitrogens is 2. The fourth-order valence-electron chi connectivity index (χ4n) is 3.41. The van der Waals surface area contributed by atoms with Gasteiger partial charge in [0.15, 0.2) is 0 Å². The van der Waals surface area contributed by atoms with Gasteiger partial charge in [-0.1, -0.05) is 45.0 Å². The first kappa shape index (κ1) is 18.1. The minimum absolute atomic E-state index is 0.103. The lowest BCUT2D eigenvalue weighted by molar-refractivity contribution is 0.448. The van der Waals surface area contributed by atoms with Crippen LogP contribution in [0.3, 0.4) is 0 Å². The molecule has 2 N–H and O–H groups in total. The van der Waals surface area contributed by atoms with E-state index in [0.717, 1.165) is 27.7 Å². The van der Waals surface area contributed by atoms with Crippen molar-refractivity contribution in [3.63, 3.8) is 0 Å². The highest BCUT2D eigenvalue weighted by Crippen LogP contribution is 2.36. The van der Waals surface area contributed by atoms with Crippen LogP contribution >= 0.6 is 0 Å². The quantitative estimate of drug-likeness (QED) is 0.488. The van der Waals surface area contributed by atoms with Crippen LogP contribution in [0.25, 0.3) is 16.5 Å². The van der Waals surface area contributed by atoms with Crippen molar-refractivity contribution in [1.82, 2.24) is 9.55 Å². The van der Waals surface area contributed by atoms with E-state index in [2.05, 4.69) is 55.3 Å². The Labute approximate surface area is 165 Å². The number of benzene rings is 2. The van der Waals surface area contributed by atoms with Gasteiger partial charge in [0, 0.05) is 41.9 Å². The van der Waals surface area contributed by atoms with E-state index in [4.69, 9.17) is 0 Å². The molecule has 2 aromatic heterocycles. The zero-order chi connectivity index (χ0) is 19.7. The average Bonchev–Trinajstić information content (AvgIpc) is 3.04. The molecule has 0 atom stereocenters. The number of hydrogen-bond donors (Lipinski definition) is 2. The van der Waals surface area contributed by atoms with Crippen LogP contribution < -0.4 is 5.32 Å². The summed E-state index contributed by atoms with van der Waals surface area (Å²) in [5.41, 5.74) is 4.38. The summed E-state index contributed by atoms with van der Waals surface area (Å²) in [5, 5.41) is 16.2. The zero-order valence-electron chi connectivity index (χ0n) is 16.5. The summed E-state index contributed by atoms with van der Waals surface area (Å²) in [6.45, 7) is 7.27. The fraction of sp³-hybridized carbons (Fsp3) is 0.208. The lowest BCUT2D eigenvalue weighted by Gasteiger charge is -2.19. The maximum atomic E-state index is 11.0. The largest absolute Gasteiger partial charge is 0.494 e. The molecule has 0 aliphatic carbocycles. The van der Waals surface area contributed by atoms with Crippen LogP contribution in [0.2, 0.25) is 0 Å². The van der Waals surface area contributed by atoms with E-state index in [-0.39, 0.29) is 11.3 Å². The Hall–Kier alpha value is -3.27. The maximum absolute atomic E-state index is 11.0. The van der Waals surface area contributed by atoms with E-state index in [1.807, 2.05) is 41.1 Å². The molecule has 0 radical (unpaired) electrons. The van der Waals surface area contributed by atoms with Crippen LogP contribution in [0.5, 0.6) is 5.88 Å². The standard InChI is InChI=1S/C24H25N3O/c1-24(2,3)19-7-9-20(10-8-19)27-16-18-5-4-6-21(22(18)23(27)28)26-15-17-11-13-25-14-12-17/h4-14,16,26,28H,15H2,1-3H3. The van der Waals surface area contributed by atoms with Gasteiger partial charge in [0.05, 0.1) is 5.39 Å². The molecule has 0 spiro atoms. The Morgan fingerprint density at radius 2 is 1.68 bits per heavy atom. The van der Waals surface area contributed by atoms with E-state index in [1.165, 1.54) is 5.56 Å². The van der Waals surface area contributed by atoms with Crippen molar-refractivity contribution in [2.45, 2.75) is 32.7 Å². The number of fused-ring (bicyclic) bond motifs is 1. The average molecular weight is 371 g/mol. The van der Waals surface area contributed by atoms with Gasteiger partial charge in [0.25, 0.3) is 0 Å². The number of hydrogen-bond acceptors (Lipinski definition) is 3. The predicted octanol–water partition coefficient (Wildman–Crippen LogP) is 5.64. The molecule has 142 valence electrons. The van der Waals surface area contributed by atoms with Gasteiger partial charge < -0.3 is 10.4 Å². The van der Waals surface area contributed by atoms with Gasteiger partial charge >= 0.3 is 0 Å². The fourth-order valence-corrected chi connectivity index (χ4v) is 3.41. The van der Waals surface area contributed by atoms with Crippen LogP contribution in [-0.4, -0.2) is 14.7 Å². The topological polar surface area (TPSA) is 50.1 Å². The Kier molecular flexibility index (Phi) is 4.55. The van der Waals surface area contributed by atoms with Crippen molar-refractivity contribution in [2.24, 2.45) is 0 Å². The molecule has 0 unspecified atom stereocenters. The molecule has 0 saturated heterocycles. The predicted molar refractivity (Wildman–Crippen MR) is 115 cm³/mol. The molecule has 4 heteroatoms. The summed E-state index contributed by atoms with van der Waals surface area (Å²) in [6.07, 6.45) is 5.55. The van der Waals surface area contributed by atoms with Gasteiger partial charge in [-0.25, -0.2) is 0 Å².